The minimum absolute atomic E-state index is 0.0734. The molecule has 0 spiro atoms. The molecule has 1 fully saturated rings. The molecule has 1 aliphatic rings. The SMILES string of the molecule is Nc1nc2c(ncn2[C@H]2CC[C@@H](CO)O2)c(=O)n1F. The van der Waals surface area contributed by atoms with Gasteiger partial charge in [-0.2, -0.15) is 4.98 Å². The Bertz CT molecular complexity index is 682. The molecule has 2 aromatic rings. The third-order valence-electron chi connectivity index (χ3n) is 3.17. The van der Waals surface area contributed by atoms with Crippen molar-refractivity contribution in [2.24, 2.45) is 0 Å². The number of nitrogens with zero attached hydrogens (tertiary/aromatic N) is 4. The number of ether oxygens (including phenoxy) is 1. The van der Waals surface area contributed by atoms with Crippen molar-refractivity contribution < 1.29 is 14.3 Å². The van der Waals surface area contributed by atoms with Gasteiger partial charge in [-0.15, -0.1) is 4.79 Å². The van der Waals surface area contributed by atoms with Gasteiger partial charge in [-0.3, -0.25) is 9.36 Å². The van der Waals surface area contributed by atoms with Crippen LogP contribution in [0, 0.1) is 0 Å². The Balaban J connectivity index is 2.09. The van der Waals surface area contributed by atoms with E-state index in [1.54, 1.807) is 0 Å². The van der Waals surface area contributed by atoms with Crippen molar-refractivity contribution in [1.82, 2.24) is 19.3 Å². The number of imidazole rings is 1. The summed E-state index contributed by atoms with van der Waals surface area (Å²) < 4.78 is 20.4. The summed E-state index contributed by atoms with van der Waals surface area (Å²) in [6, 6.07) is 0. The average molecular weight is 269 g/mol. The molecule has 0 saturated carbocycles. The van der Waals surface area contributed by atoms with E-state index in [1.807, 2.05) is 0 Å². The molecule has 0 amide bonds. The van der Waals surface area contributed by atoms with Crippen LogP contribution in [0.25, 0.3) is 11.2 Å². The number of halogens is 1. The summed E-state index contributed by atoms with van der Waals surface area (Å²) >= 11 is 0. The van der Waals surface area contributed by atoms with Crippen LogP contribution in [0.4, 0.5) is 10.4 Å². The molecule has 3 heterocycles. The molecule has 0 aliphatic carbocycles. The molecule has 2 aromatic heterocycles. The minimum Gasteiger partial charge on any atom is -0.394 e. The summed E-state index contributed by atoms with van der Waals surface area (Å²) in [6.07, 6.45) is 2.07. The van der Waals surface area contributed by atoms with E-state index in [-0.39, 0.29) is 34.9 Å². The monoisotopic (exact) mass is 269 g/mol. The number of hydrogen-bond donors (Lipinski definition) is 2. The number of nitrogen functional groups attached to an aromatic ring is 1. The normalized spacial score (nSPS) is 23.3. The number of aromatic nitrogens is 4. The van der Waals surface area contributed by atoms with Gasteiger partial charge in [-0.1, -0.05) is 4.48 Å². The Morgan fingerprint density at radius 1 is 1.58 bits per heavy atom. The molecule has 3 rings (SSSR count). The van der Waals surface area contributed by atoms with Gasteiger partial charge in [0.2, 0.25) is 5.95 Å². The van der Waals surface area contributed by atoms with Crippen LogP contribution in [0.5, 0.6) is 0 Å². The first kappa shape index (κ1) is 12.1. The lowest BCUT2D eigenvalue weighted by atomic mass is 10.2. The Labute approximate surface area is 106 Å². The average Bonchev–Trinajstić information content (AvgIpc) is 3.01. The predicted octanol–water partition coefficient (Wildman–Crippen LogP) is -0.422. The largest absolute Gasteiger partial charge is 0.394 e. The molecule has 1 aliphatic heterocycles. The first-order valence-corrected chi connectivity index (χ1v) is 5.79. The molecular formula is C10H12FN5O3. The molecule has 0 radical (unpaired) electrons. The van der Waals surface area contributed by atoms with Crippen molar-refractivity contribution in [3.05, 3.63) is 16.7 Å². The highest BCUT2D eigenvalue weighted by Crippen LogP contribution is 2.29. The number of hydrogen-bond acceptors (Lipinski definition) is 6. The molecule has 9 heteroatoms. The van der Waals surface area contributed by atoms with Crippen LogP contribution >= 0.6 is 0 Å². The van der Waals surface area contributed by atoms with Gasteiger partial charge < -0.3 is 15.6 Å². The predicted molar refractivity (Wildman–Crippen MR) is 62.9 cm³/mol. The Kier molecular flexibility index (Phi) is 2.72. The Hall–Kier alpha value is -2.00. The summed E-state index contributed by atoms with van der Waals surface area (Å²) in [5.74, 6) is -0.532. The number of rotatable bonds is 2. The smallest absolute Gasteiger partial charge is 0.311 e. The summed E-state index contributed by atoms with van der Waals surface area (Å²) in [4.78, 5) is 19.0. The molecule has 8 nitrogen and oxygen atoms in total. The summed E-state index contributed by atoms with van der Waals surface area (Å²) in [5.41, 5.74) is 4.45. The van der Waals surface area contributed by atoms with E-state index < -0.39 is 11.5 Å². The third-order valence-corrected chi connectivity index (χ3v) is 3.17. The van der Waals surface area contributed by atoms with Crippen molar-refractivity contribution in [1.29, 1.82) is 0 Å². The zero-order valence-electron chi connectivity index (χ0n) is 9.86. The van der Waals surface area contributed by atoms with E-state index in [4.69, 9.17) is 15.6 Å². The molecule has 3 N–H and O–H groups in total. The maximum absolute atomic E-state index is 13.3. The van der Waals surface area contributed by atoms with Gasteiger partial charge >= 0.3 is 5.56 Å². The van der Waals surface area contributed by atoms with Crippen molar-refractivity contribution in [2.45, 2.75) is 25.2 Å². The molecular weight excluding hydrogens is 257 g/mol. The van der Waals surface area contributed by atoms with Crippen molar-refractivity contribution in [3.8, 4) is 0 Å². The van der Waals surface area contributed by atoms with Crippen molar-refractivity contribution >= 4 is 17.1 Å². The lowest BCUT2D eigenvalue weighted by molar-refractivity contribution is -0.0207. The van der Waals surface area contributed by atoms with E-state index in [0.29, 0.717) is 12.8 Å². The third kappa shape index (κ3) is 1.78. The van der Waals surface area contributed by atoms with Gasteiger partial charge in [0.25, 0.3) is 0 Å². The topological polar surface area (TPSA) is 108 Å². The summed E-state index contributed by atoms with van der Waals surface area (Å²) in [5, 5.41) is 9.03. The van der Waals surface area contributed by atoms with Gasteiger partial charge in [0.05, 0.1) is 19.0 Å². The van der Waals surface area contributed by atoms with Crippen LogP contribution in [0.3, 0.4) is 0 Å². The van der Waals surface area contributed by atoms with Crippen LogP contribution < -0.4 is 11.3 Å². The molecule has 0 unspecified atom stereocenters. The second-order valence-electron chi connectivity index (χ2n) is 4.35. The highest BCUT2D eigenvalue weighted by Gasteiger charge is 2.28. The quantitative estimate of drug-likeness (QED) is 0.766. The first-order chi connectivity index (χ1) is 9.11. The van der Waals surface area contributed by atoms with Gasteiger partial charge in [-0.25, -0.2) is 4.98 Å². The molecule has 0 bridgehead atoms. The lowest BCUT2D eigenvalue weighted by Crippen LogP contribution is -2.20. The maximum Gasteiger partial charge on any atom is 0.311 e. The fourth-order valence-corrected chi connectivity index (χ4v) is 2.20. The standard InChI is InChI=1S/C10H12FN5O3/c11-16-9(18)7-8(14-10(16)12)15(4-13-7)6-2-1-5(3-17)19-6/h4-6,17H,1-3H2,(H2,12,14)/t5-,6+/m0/s1. The van der Waals surface area contributed by atoms with Gasteiger partial charge in [0.1, 0.15) is 6.23 Å². The van der Waals surface area contributed by atoms with Gasteiger partial charge in [0.15, 0.2) is 11.2 Å². The molecule has 0 aromatic carbocycles. The van der Waals surface area contributed by atoms with Crippen LogP contribution in [-0.2, 0) is 4.74 Å². The lowest BCUT2D eigenvalue weighted by Gasteiger charge is -2.13. The summed E-state index contributed by atoms with van der Waals surface area (Å²) in [7, 11) is 0. The van der Waals surface area contributed by atoms with Crippen LogP contribution in [0.2, 0.25) is 0 Å². The Morgan fingerprint density at radius 2 is 2.37 bits per heavy atom. The number of aliphatic hydroxyl groups is 1. The van der Waals surface area contributed by atoms with E-state index in [1.165, 1.54) is 10.9 Å². The maximum atomic E-state index is 13.3. The van der Waals surface area contributed by atoms with E-state index >= 15 is 0 Å². The van der Waals surface area contributed by atoms with Crippen molar-refractivity contribution in [3.63, 3.8) is 0 Å². The second-order valence-corrected chi connectivity index (χ2v) is 4.35. The number of anilines is 1. The zero-order chi connectivity index (χ0) is 13.6. The van der Waals surface area contributed by atoms with E-state index in [0.717, 1.165) is 0 Å². The van der Waals surface area contributed by atoms with Gasteiger partial charge in [0, 0.05) is 0 Å². The number of aliphatic hydroxyl groups excluding tert-OH is 1. The minimum atomic E-state index is -0.946. The van der Waals surface area contributed by atoms with Crippen LogP contribution in [0.15, 0.2) is 11.1 Å². The van der Waals surface area contributed by atoms with Gasteiger partial charge in [-0.05, 0) is 12.8 Å². The molecule has 102 valence electrons. The highest BCUT2D eigenvalue weighted by atomic mass is 19.2. The fraction of sp³-hybridized carbons (Fsp3) is 0.500. The van der Waals surface area contributed by atoms with E-state index in [9.17, 15) is 9.28 Å². The number of nitrogens with two attached hydrogens (primary N) is 1. The highest BCUT2D eigenvalue weighted by molar-refractivity contribution is 5.70. The molecule has 2 atom stereocenters. The van der Waals surface area contributed by atoms with E-state index in [2.05, 4.69) is 9.97 Å². The molecule has 1 saturated heterocycles. The van der Waals surface area contributed by atoms with Crippen LogP contribution in [0.1, 0.15) is 19.1 Å². The van der Waals surface area contributed by atoms with Crippen LogP contribution in [-0.4, -0.2) is 37.1 Å². The summed E-state index contributed by atoms with van der Waals surface area (Å²) in [6.45, 7) is -0.0734. The fourth-order valence-electron chi connectivity index (χ4n) is 2.20. The zero-order valence-corrected chi connectivity index (χ0v) is 9.86. The second kappa shape index (κ2) is 4.28. The first-order valence-electron chi connectivity index (χ1n) is 5.79. The van der Waals surface area contributed by atoms with Crippen molar-refractivity contribution in [2.75, 3.05) is 12.3 Å². The Morgan fingerprint density at radius 3 is 3.05 bits per heavy atom. The number of fused-ring (bicyclic) bond motifs is 1. The molecule has 19 heavy (non-hydrogen) atoms.